The summed E-state index contributed by atoms with van der Waals surface area (Å²) in [5.41, 5.74) is 1.99. The number of hydrogen-bond acceptors (Lipinski definition) is 4. The molecule has 2 heterocycles. The first-order valence-electron chi connectivity index (χ1n) is 6.25. The second kappa shape index (κ2) is 5.16. The Balaban J connectivity index is 2.36. The highest BCUT2D eigenvalue weighted by atomic mass is 15.3. The van der Waals surface area contributed by atoms with E-state index in [0.717, 1.165) is 23.8 Å². The lowest BCUT2D eigenvalue weighted by atomic mass is 10.1. The number of rotatable bonds is 4. The molecule has 0 aliphatic carbocycles. The summed E-state index contributed by atoms with van der Waals surface area (Å²) in [7, 11) is 0. The summed E-state index contributed by atoms with van der Waals surface area (Å²) in [6.45, 7) is 9.04. The van der Waals surface area contributed by atoms with Crippen LogP contribution in [0.1, 0.15) is 38.1 Å². The lowest BCUT2D eigenvalue weighted by Gasteiger charge is -2.06. The Kier molecular flexibility index (Phi) is 3.60. The standard InChI is InChI=1S/C13H19N5/c1-5-14-13-15-10(4)8-12(16-13)18-7-6-11(17-18)9(2)3/h6-9H,5H2,1-4H3,(H,14,15,16). The van der Waals surface area contributed by atoms with E-state index in [2.05, 4.69) is 34.2 Å². The maximum Gasteiger partial charge on any atom is 0.224 e. The molecule has 5 nitrogen and oxygen atoms in total. The molecule has 2 aromatic heterocycles. The molecular weight excluding hydrogens is 226 g/mol. The van der Waals surface area contributed by atoms with Crippen LogP contribution in [-0.2, 0) is 0 Å². The molecule has 0 fully saturated rings. The molecule has 0 spiro atoms. The second-order valence-corrected chi connectivity index (χ2v) is 4.56. The Morgan fingerprint density at radius 1 is 1.33 bits per heavy atom. The van der Waals surface area contributed by atoms with E-state index in [1.807, 2.05) is 32.2 Å². The van der Waals surface area contributed by atoms with Crippen molar-refractivity contribution in [3.63, 3.8) is 0 Å². The van der Waals surface area contributed by atoms with Gasteiger partial charge in [-0.2, -0.15) is 10.1 Å². The van der Waals surface area contributed by atoms with Crippen LogP contribution in [-0.4, -0.2) is 26.3 Å². The molecule has 2 aromatic rings. The Bertz CT molecular complexity index is 530. The molecule has 0 amide bonds. The van der Waals surface area contributed by atoms with Gasteiger partial charge in [-0.05, 0) is 25.8 Å². The molecule has 0 saturated heterocycles. The molecule has 18 heavy (non-hydrogen) atoms. The maximum absolute atomic E-state index is 4.52. The summed E-state index contributed by atoms with van der Waals surface area (Å²) < 4.78 is 1.80. The van der Waals surface area contributed by atoms with Crippen LogP contribution in [0.15, 0.2) is 18.3 Å². The van der Waals surface area contributed by atoms with Crippen LogP contribution in [0.4, 0.5) is 5.95 Å². The Labute approximate surface area is 107 Å². The highest BCUT2D eigenvalue weighted by Gasteiger charge is 2.07. The van der Waals surface area contributed by atoms with Crippen molar-refractivity contribution in [3.05, 3.63) is 29.7 Å². The first kappa shape index (κ1) is 12.5. The SMILES string of the molecule is CCNc1nc(C)cc(-n2ccc(C(C)C)n2)n1. The first-order chi connectivity index (χ1) is 8.60. The van der Waals surface area contributed by atoms with Crippen LogP contribution < -0.4 is 5.32 Å². The smallest absolute Gasteiger partial charge is 0.224 e. The van der Waals surface area contributed by atoms with Crippen molar-refractivity contribution in [1.82, 2.24) is 19.7 Å². The fourth-order valence-electron chi connectivity index (χ4n) is 1.68. The van der Waals surface area contributed by atoms with Gasteiger partial charge in [0.1, 0.15) is 0 Å². The van der Waals surface area contributed by atoms with E-state index in [1.165, 1.54) is 0 Å². The molecule has 96 valence electrons. The molecule has 0 saturated carbocycles. The van der Waals surface area contributed by atoms with Gasteiger partial charge < -0.3 is 5.32 Å². The van der Waals surface area contributed by atoms with Crippen LogP contribution in [0.25, 0.3) is 5.82 Å². The van der Waals surface area contributed by atoms with Crippen molar-refractivity contribution in [3.8, 4) is 5.82 Å². The van der Waals surface area contributed by atoms with Crippen LogP contribution in [0.5, 0.6) is 0 Å². The first-order valence-corrected chi connectivity index (χ1v) is 6.25. The number of nitrogens with one attached hydrogen (secondary N) is 1. The van der Waals surface area contributed by atoms with Gasteiger partial charge in [0.25, 0.3) is 0 Å². The average molecular weight is 245 g/mol. The van der Waals surface area contributed by atoms with Gasteiger partial charge in [-0.3, -0.25) is 0 Å². The molecule has 0 unspecified atom stereocenters. The highest BCUT2D eigenvalue weighted by molar-refractivity contribution is 5.34. The quantitative estimate of drug-likeness (QED) is 0.899. The van der Waals surface area contributed by atoms with Gasteiger partial charge >= 0.3 is 0 Å². The topological polar surface area (TPSA) is 55.6 Å². The van der Waals surface area contributed by atoms with E-state index >= 15 is 0 Å². The van der Waals surface area contributed by atoms with Gasteiger partial charge in [-0.25, -0.2) is 9.67 Å². The van der Waals surface area contributed by atoms with Gasteiger partial charge in [0, 0.05) is 24.5 Å². The predicted molar refractivity (Wildman–Crippen MR) is 72.1 cm³/mol. The summed E-state index contributed by atoms with van der Waals surface area (Å²) in [4.78, 5) is 8.77. The minimum absolute atomic E-state index is 0.419. The van der Waals surface area contributed by atoms with Crippen LogP contribution in [0, 0.1) is 6.92 Å². The Morgan fingerprint density at radius 3 is 2.72 bits per heavy atom. The fraction of sp³-hybridized carbons (Fsp3) is 0.462. The van der Waals surface area contributed by atoms with E-state index < -0.39 is 0 Å². The number of aromatic nitrogens is 4. The third kappa shape index (κ3) is 2.67. The zero-order valence-electron chi connectivity index (χ0n) is 11.3. The molecule has 0 bridgehead atoms. The van der Waals surface area contributed by atoms with E-state index in [-0.39, 0.29) is 0 Å². The molecule has 0 aliphatic rings. The van der Waals surface area contributed by atoms with Gasteiger partial charge in [0.15, 0.2) is 5.82 Å². The molecule has 0 aliphatic heterocycles. The number of anilines is 1. The lowest BCUT2D eigenvalue weighted by molar-refractivity contribution is 0.755. The minimum Gasteiger partial charge on any atom is -0.354 e. The van der Waals surface area contributed by atoms with Gasteiger partial charge in [-0.1, -0.05) is 13.8 Å². The van der Waals surface area contributed by atoms with E-state index in [0.29, 0.717) is 11.9 Å². The Hall–Kier alpha value is -1.91. The van der Waals surface area contributed by atoms with Gasteiger partial charge in [0.05, 0.1) is 5.69 Å². The number of nitrogens with zero attached hydrogens (tertiary/aromatic N) is 4. The van der Waals surface area contributed by atoms with E-state index in [4.69, 9.17) is 0 Å². The Morgan fingerprint density at radius 2 is 2.11 bits per heavy atom. The van der Waals surface area contributed by atoms with E-state index in [9.17, 15) is 0 Å². The molecule has 5 heteroatoms. The summed E-state index contributed by atoms with van der Waals surface area (Å²) in [6.07, 6.45) is 1.94. The number of aryl methyl sites for hydroxylation is 1. The molecule has 0 radical (unpaired) electrons. The van der Waals surface area contributed by atoms with Crippen LogP contribution >= 0.6 is 0 Å². The van der Waals surface area contributed by atoms with Crippen molar-refractivity contribution in [1.29, 1.82) is 0 Å². The maximum atomic E-state index is 4.52. The van der Waals surface area contributed by atoms with Crippen LogP contribution in [0.2, 0.25) is 0 Å². The van der Waals surface area contributed by atoms with E-state index in [1.54, 1.807) is 4.68 Å². The molecule has 1 N–H and O–H groups in total. The second-order valence-electron chi connectivity index (χ2n) is 4.56. The summed E-state index contributed by atoms with van der Waals surface area (Å²) >= 11 is 0. The number of hydrogen-bond donors (Lipinski definition) is 1. The molecular formula is C13H19N5. The predicted octanol–water partition coefficient (Wildman–Crippen LogP) is 2.53. The van der Waals surface area contributed by atoms with Crippen molar-refractivity contribution >= 4 is 5.95 Å². The highest BCUT2D eigenvalue weighted by Crippen LogP contribution is 2.14. The van der Waals surface area contributed by atoms with Gasteiger partial charge in [0.2, 0.25) is 5.95 Å². The van der Waals surface area contributed by atoms with Crippen molar-refractivity contribution < 1.29 is 0 Å². The molecule has 0 atom stereocenters. The summed E-state index contributed by atoms with van der Waals surface area (Å²) in [5.74, 6) is 1.86. The minimum atomic E-state index is 0.419. The molecule has 2 rings (SSSR count). The molecule has 0 aromatic carbocycles. The normalized spacial score (nSPS) is 10.9. The van der Waals surface area contributed by atoms with Gasteiger partial charge in [-0.15, -0.1) is 0 Å². The fourth-order valence-corrected chi connectivity index (χ4v) is 1.68. The lowest BCUT2D eigenvalue weighted by Crippen LogP contribution is -2.07. The third-order valence-electron chi connectivity index (χ3n) is 2.61. The zero-order chi connectivity index (χ0) is 13.1. The van der Waals surface area contributed by atoms with Crippen LogP contribution in [0.3, 0.4) is 0 Å². The summed E-state index contributed by atoms with van der Waals surface area (Å²) in [6, 6.07) is 3.95. The van der Waals surface area contributed by atoms with Crippen molar-refractivity contribution in [2.45, 2.75) is 33.6 Å². The van der Waals surface area contributed by atoms with Crippen molar-refractivity contribution in [2.24, 2.45) is 0 Å². The average Bonchev–Trinajstić information content (AvgIpc) is 2.78. The largest absolute Gasteiger partial charge is 0.354 e. The summed E-state index contributed by atoms with van der Waals surface area (Å²) in [5, 5.41) is 7.65. The monoisotopic (exact) mass is 245 g/mol. The third-order valence-corrected chi connectivity index (χ3v) is 2.61. The van der Waals surface area contributed by atoms with Crippen molar-refractivity contribution in [2.75, 3.05) is 11.9 Å². The zero-order valence-corrected chi connectivity index (χ0v) is 11.3.